The zero-order chi connectivity index (χ0) is 18.4. The van der Waals surface area contributed by atoms with E-state index in [-0.39, 0.29) is 6.42 Å². The fourth-order valence-electron chi connectivity index (χ4n) is 3.22. The van der Waals surface area contributed by atoms with Gasteiger partial charge >= 0.3 is 6.03 Å². The summed E-state index contributed by atoms with van der Waals surface area (Å²) in [6.45, 7) is 1.84. The predicted molar refractivity (Wildman–Crippen MR) is 94.9 cm³/mol. The van der Waals surface area contributed by atoms with E-state index < -0.39 is 34.8 Å². The number of hydrogen-bond donors (Lipinski definition) is 1. The summed E-state index contributed by atoms with van der Waals surface area (Å²) in [5.74, 6) is -2.57. The fourth-order valence-corrected chi connectivity index (χ4v) is 3.77. The molecule has 2 heterocycles. The number of hydrogen-bond acceptors (Lipinski definition) is 3. The summed E-state index contributed by atoms with van der Waals surface area (Å²) in [6.07, 6.45) is 3.51. The van der Waals surface area contributed by atoms with Gasteiger partial charge in [-0.25, -0.2) is 18.5 Å². The predicted octanol–water partition coefficient (Wildman–Crippen LogP) is 3.39. The lowest BCUT2D eigenvalue weighted by Gasteiger charge is -2.46. The molecule has 0 radical (unpaired) electrons. The van der Waals surface area contributed by atoms with E-state index in [1.54, 1.807) is 35.0 Å². The zero-order valence-electron chi connectivity index (χ0n) is 13.5. The smallest absolute Gasteiger partial charge is 0.317 e. The van der Waals surface area contributed by atoms with E-state index in [2.05, 4.69) is 10.2 Å². The second-order valence-corrected chi connectivity index (χ2v) is 7.08. The van der Waals surface area contributed by atoms with Gasteiger partial charge in [0.2, 0.25) is 5.91 Å². The number of carbonyl (C=O) groups excluding carboxylic acids is 2. The molecule has 0 bridgehead atoms. The van der Waals surface area contributed by atoms with Gasteiger partial charge in [-0.2, -0.15) is 5.10 Å². The van der Waals surface area contributed by atoms with Crippen LogP contribution in [-0.4, -0.2) is 34.1 Å². The van der Waals surface area contributed by atoms with Gasteiger partial charge in [-0.1, -0.05) is 6.92 Å². The number of anilines is 1. The molecule has 0 saturated carbocycles. The van der Waals surface area contributed by atoms with Crippen LogP contribution in [0.4, 0.5) is 19.3 Å². The molecule has 3 amide bonds. The average molecular weight is 460 g/mol. The third-order valence-corrected chi connectivity index (χ3v) is 5.26. The normalized spacial score (nSPS) is 21.2. The summed E-state index contributed by atoms with van der Waals surface area (Å²) in [6, 6.07) is 1.38. The van der Waals surface area contributed by atoms with E-state index in [0.717, 1.165) is 12.1 Å². The minimum Gasteiger partial charge on any atom is -0.317 e. The Hall–Kier alpha value is -2.04. The maximum atomic E-state index is 14.3. The van der Waals surface area contributed by atoms with Crippen LogP contribution in [0.1, 0.15) is 25.3 Å². The van der Waals surface area contributed by atoms with Crippen LogP contribution >= 0.6 is 22.6 Å². The minimum atomic E-state index is -0.952. The molecule has 1 aliphatic rings. The number of aromatic nitrogens is 2. The van der Waals surface area contributed by atoms with Crippen LogP contribution in [0.15, 0.2) is 24.5 Å². The highest BCUT2D eigenvalue weighted by Crippen LogP contribution is 2.41. The van der Waals surface area contributed by atoms with Crippen molar-refractivity contribution >= 4 is 40.2 Å². The summed E-state index contributed by atoms with van der Waals surface area (Å²) in [5.41, 5.74) is -0.880. The van der Waals surface area contributed by atoms with Gasteiger partial charge in [-0.15, -0.1) is 0 Å². The molecule has 9 heteroatoms. The van der Waals surface area contributed by atoms with Gasteiger partial charge in [0, 0.05) is 22.4 Å². The summed E-state index contributed by atoms with van der Waals surface area (Å²) in [4.78, 5) is 27.5. The SMILES string of the molecule is CCC1(c2cn[nH]c2)CC(=O)N(c2c(F)cc(I)cc2F)C(=O)N1C. The van der Waals surface area contributed by atoms with Crippen molar-refractivity contribution in [3.8, 4) is 0 Å². The Bertz CT molecular complexity index is 820. The van der Waals surface area contributed by atoms with Gasteiger partial charge in [-0.05, 0) is 41.1 Å². The van der Waals surface area contributed by atoms with Gasteiger partial charge in [-0.3, -0.25) is 9.89 Å². The van der Waals surface area contributed by atoms with Crippen molar-refractivity contribution in [2.45, 2.75) is 25.3 Å². The lowest BCUT2D eigenvalue weighted by Crippen LogP contribution is -2.61. The Kier molecular flexibility index (Phi) is 4.52. The van der Waals surface area contributed by atoms with Crippen LogP contribution < -0.4 is 4.90 Å². The molecular weight excluding hydrogens is 445 g/mol. The number of amides is 3. The Morgan fingerprint density at radius 2 is 1.96 bits per heavy atom. The molecule has 0 aliphatic carbocycles. The number of aromatic amines is 1. The summed E-state index contributed by atoms with van der Waals surface area (Å²) < 4.78 is 28.9. The van der Waals surface area contributed by atoms with Crippen molar-refractivity contribution in [2.75, 3.05) is 11.9 Å². The fraction of sp³-hybridized carbons (Fsp3) is 0.312. The summed E-state index contributed by atoms with van der Waals surface area (Å²) in [7, 11) is 1.51. The van der Waals surface area contributed by atoms with Gasteiger partial charge in [0.1, 0.15) is 5.69 Å². The number of carbonyl (C=O) groups is 2. The first-order valence-corrected chi connectivity index (χ1v) is 8.64. The third-order valence-electron chi connectivity index (χ3n) is 4.64. The Balaban J connectivity index is 2.08. The molecule has 0 spiro atoms. The number of imide groups is 1. The van der Waals surface area contributed by atoms with E-state index >= 15 is 0 Å². The van der Waals surface area contributed by atoms with E-state index in [9.17, 15) is 18.4 Å². The molecular formula is C16H15F2IN4O2. The molecule has 1 fully saturated rings. The van der Waals surface area contributed by atoms with Crippen molar-refractivity contribution in [3.05, 3.63) is 45.3 Å². The first-order valence-electron chi connectivity index (χ1n) is 7.56. The molecule has 3 rings (SSSR count). The quantitative estimate of drug-likeness (QED) is 0.715. The first-order chi connectivity index (χ1) is 11.8. The molecule has 6 nitrogen and oxygen atoms in total. The number of halogens is 3. The average Bonchev–Trinajstić information content (AvgIpc) is 3.08. The summed E-state index contributed by atoms with van der Waals surface area (Å²) in [5, 5.41) is 6.55. The molecule has 1 N–H and O–H groups in total. The largest absolute Gasteiger partial charge is 0.332 e. The topological polar surface area (TPSA) is 69.3 Å². The van der Waals surface area contributed by atoms with Crippen LogP contribution in [0.2, 0.25) is 0 Å². The molecule has 132 valence electrons. The van der Waals surface area contributed by atoms with Crippen molar-refractivity contribution in [3.63, 3.8) is 0 Å². The van der Waals surface area contributed by atoms with Crippen molar-refractivity contribution in [2.24, 2.45) is 0 Å². The van der Waals surface area contributed by atoms with E-state index in [1.807, 2.05) is 6.92 Å². The van der Waals surface area contributed by atoms with Gasteiger partial charge < -0.3 is 4.90 Å². The molecule has 1 aliphatic heterocycles. The number of H-pyrrole nitrogens is 1. The van der Waals surface area contributed by atoms with Crippen LogP contribution in [0.25, 0.3) is 0 Å². The Morgan fingerprint density at radius 1 is 1.32 bits per heavy atom. The van der Waals surface area contributed by atoms with E-state index in [4.69, 9.17) is 0 Å². The van der Waals surface area contributed by atoms with Gasteiger partial charge in [0.15, 0.2) is 11.6 Å². The van der Waals surface area contributed by atoms with Gasteiger partial charge in [0.05, 0.1) is 18.2 Å². The Morgan fingerprint density at radius 3 is 2.48 bits per heavy atom. The number of nitrogens with one attached hydrogen (secondary N) is 1. The highest BCUT2D eigenvalue weighted by atomic mass is 127. The monoisotopic (exact) mass is 460 g/mol. The number of nitrogens with zero attached hydrogens (tertiary/aromatic N) is 3. The minimum absolute atomic E-state index is 0.101. The molecule has 1 aromatic heterocycles. The lowest BCUT2D eigenvalue weighted by molar-refractivity contribution is -0.122. The Labute approximate surface area is 156 Å². The summed E-state index contributed by atoms with van der Waals surface area (Å²) >= 11 is 1.76. The number of urea groups is 1. The second-order valence-electron chi connectivity index (χ2n) is 5.84. The molecule has 1 saturated heterocycles. The number of rotatable bonds is 3. The molecule has 25 heavy (non-hydrogen) atoms. The molecule has 2 aromatic rings. The van der Waals surface area contributed by atoms with E-state index in [0.29, 0.717) is 20.5 Å². The second kappa shape index (κ2) is 6.36. The standard InChI is InChI=1S/C16H15F2IN4O2/c1-3-16(9-7-20-21-8-9)6-13(24)23(15(25)22(16)2)14-11(17)4-10(19)5-12(14)18/h4-5,7-8H,3,6H2,1-2H3,(H,20,21). The van der Waals surface area contributed by atoms with Crippen LogP contribution in [0, 0.1) is 15.2 Å². The lowest BCUT2D eigenvalue weighted by atomic mass is 9.82. The maximum Gasteiger partial charge on any atom is 0.332 e. The van der Waals surface area contributed by atoms with Crippen LogP contribution in [0.5, 0.6) is 0 Å². The van der Waals surface area contributed by atoms with Crippen molar-refractivity contribution in [1.29, 1.82) is 0 Å². The molecule has 1 atom stereocenters. The molecule has 1 aromatic carbocycles. The van der Waals surface area contributed by atoms with Crippen molar-refractivity contribution in [1.82, 2.24) is 15.1 Å². The molecule has 1 unspecified atom stereocenters. The van der Waals surface area contributed by atoms with Crippen molar-refractivity contribution < 1.29 is 18.4 Å². The number of benzene rings is 1. The van der Waals surface area contributed by atoms with Crippen LogP contribution in [-0.2, 0) is 10.3 Å². The first kappa shape index (κ1) is 17.8. The highest BCUT2D eigenvalue weighted by molar-refractivity contribution is 14.1. The third kappa shape index (κ3) is 2.70. The van der Waals surface area contributed by atoms with Crippen LogP contribution in [0.3, 0.4) is 0 Å². The zero-order valence-corrected chi connectivity index (χ0v) is 15.7. The van der Waals surface area contributed by atoms with E-state index in [1.165, 1.54) is 11.9 Å². The highest BCUT2D eigenvalue weighted by Gasteiger charge is 2.49. The van der Waals surface area contributed by atoms with Gasteiger partial charge in [0.25, 0.3) is 0 Å². The maximum absolute atomic E-state index is 14.3.